The zero-order valence-corrected chi connectivity index (χ0v) is 13.1. The maximum Gasteiger partial charge on any atom is 0.137 e. The molecule has 1 unspecified atom stereocenters. The molecule has 2 aromatic rings. The van der Waals surface area contributed by atoms with Gasteiger partial charge in [-0.2, -0.15) is 0 Å². The zero-order chi connectivity index (χ0) is 14.7. The van der Waals surface area contributed by atoms with Crippen LogP contribution in [0.1, 0.15) is 29.7 Å². The Hall–Kier alpha value is -1.32. The molecule has 1 N–H and O–H groups in total. The Morgan fingerprint density at radius 3 is 2.40 bits per heavy atom. The first-order valence-electron chi connectivity index (χ1n) is 6.73. The highest BCUT2D eigenvalue weighted by atomic mass is 32.2. The Labute approximate surface area is 124 Å². The molecule has 1 nitrogen and oxygen atoms in total. The van der Waals surface area contributed by atoms with Crippen molar-refractivity contribution in [3.63, 3.8) is 0 Å². The molecule has 0 aliphatic carbocycles. The number of hydrogen-bond acceptors (Lipinski definition) is 2. The average Bonchev–Trinajstić information content (AvgIpc) is 2.44. The van der Waals surface area contributed by atoms with Gasteiger partial charge in [-0.15, -0.1) is 0 Å². The van der Waals surface area contributed by atoms with E-state index in [1.165, 1.54) is 22.9 Å². The van der Waals surface area contributed by atoms with Crippen LogP contribution in [0.3, 0.4) is 0 Å². The fraction of sp³-hybridized carbons (Fsp3) is 0.294. The van der Waals surface area contributed by atoms with E-state index >= 15 is 0 Å². The van der Waals surface area contributed by atoms with Crippen molar-refractivity contribution in [1.29, 1.82) is 0 Å². The highest BCUT2D eigenvalue weighted by molar-refractivity contribution is 7.99. The summed E-state index contributed by atoms with van der Waals surface area (Å²) in [4.78, 5) is 1.74. The number of nitrogens with one attached hydrogen (secondary N) is 1. The molecule has 0 spiro atoms. The van der Waals surface area contributed by atoms with Crippen molar-refractivity contribution in [3.05, 3.63) is 58.9 Å². The first kappa shape index (κ1) is 15.1. The van der Waals surface area contributed by atoms with Gasteiger partial charge in [0.1, 0.15) is 5.82 Å². The van der Waals surface area contributed by atoms with E-state index in [0.29, 0.717) is 4.90 Å². The van der Waals surface area contributed by atoms with Gasteiger partial charge >= 0.3 is 0 Å². The Morgan fingerprint density at radius 2 is 1.80 bits per heavy atom. The van der Waals surface area contributed by atoms with Crippen LogP contribution in [0.2, 0.25) is 0 Å². The highest BCUT2D eigenvalue weighted by Gasteiger charge is 2.09. The van der Waals surface area contributed by atoms with Crippen molar-refractivity contribution >= 4 is 11.8 Å². The maximum atomic E-state index is 14.2. The second kappa shape index (κ2) is 6.42. The van der Waals surface area contributed by atoms with E-state index < -0.39 is 0 Å². The number of hydrogen-bond donors (Lipinski definition) is 1. The van der Waals surface area contributed by atoms with Gasteiger partial charge in [-0.05, 0) is 68.8 Å². The number of rotatable bonds is 4. The Morgan fingerprint density at radius 1 is 1.05 bits per heavy atom. The second-order valence-corrected chi connectivity index (χ2v) is 6.16. The molecule has 0 fully saturated rings. The van der Waals surface area contributed by atoms with Gasteiger partial charge < -0.3 is 5.32 Å². The first-order chi connectivity index (χ1) is 9.51. The summed E-state index contributed by atoms with van der Waals surface area (Å²) in [6, 6.07) is 11.8. The largest absolute Gasteiger partial charge is 0.313 e. The first-order valence-corrected chi connectivity index (χ1v) is 7.54. The third kappa shape index (κ3) is 3.41. The van der Waals surface area contributed by atoms with Crippen molar-refractivity contribution < 1.29 is 4.39 Å². The zero-order valence-electron chi connectivity index (χ0n) is 12.3. The van der Waals surface area contributed by atoms with E-state index in [4.69, 9.17) is 0 Å². The van der Waals surface area contributed by atoms with Crippen molar-refractivity contribution in [1.82, 2.24) is 5.32 Å². The van der Waals surface area contributed by atoms with Gasteiger partial charge in [0.15, 0.2) is 0 Å². The van der Waals surface area contributed by atoms with Crippen molar-refractivity contribution in [3.8, 4) is 0 Å². The van der Waals surface area contributed by atoms with E-state index in [0.717, 1.165) is 10.5 Å². The Bertz CT molecular complexity index is 610. The third-order valence-corrected chi connectivity index (χ3v) is 4.64. The van der Waals surface area contributed by atoms with E-state index in [9.17, 15) is 4.39 Å². The summed E-state index contributed by atoms with van der Waals surface area (Å²) in [5, 5.41) is 3.12. The van der Waals surface area contributed by atoms with Gasteiger partial charge in [0.25, 0.3) is 0 Å². The van der Waals surface area contributed by atoms with Crippen LogP contribution >= 0.6 is 11.8 Å². The van der Waals surface area contributed by atoms with Gasteiger partial charge in [0.05, 0.1) is 0 Å². The molecule has 0 saturated carbocycles. The number of aryl methyl sites for hydroxylation is 2. The molecule has 2 aromatic carbocycles. The molecule has 0 radical (unpaired) electrons. The van der Waals surface area contributed by atoms with Crippen LogP contribution in [0.5, 0.6) is 0 Å². The van der Waals surface area contributed by atoms with Crippen LogP contribution in [0.15, 0.2) is 46.2 Å². The molecule has 0 aromatic heterocycles. The summed E-state index contributed by atoms with van der Waals surface area (Å²) in [6.07, 6.45) is 0. The second-order valence-electron chi connectivity index (χ2n) is 5.05. The van der Waals surface area contributed by atoms with E-state index in [1.54, 1.807) is 6.07 Å². The molecule has 106 valence electrons. The highest BCUT2D eigenvalue weighted by Crippen LogP contribution is 2.32. The summed E-state index contributed by atoms with van der Waals surface area (Å²) in [6.45, 7) is 6.18. The third-order valence-electron chi connectivity index (χ3n) is 3.60. The lowest BCUT2D eigenvalue weighted by Gasteiger charge is -2.12. The normalized spacial score (nSPS) is 12.4. The van der Waals surface area contributed by atoms with E-state index in [2.05, 4.69) is 31.3 Å². The number of halogens is 1. The summed E-state index contributed by atoms with van der Waals surface area (Å²) < 4.78 is 14.2. The summed E-state index contributed by atoms with van der Waals surface area (Å²) in [7, 11) is 1.88. The molecule has 0 aliphatic heterocycles. The maximum absolute atomic E-state index is 14.2. The molecule has 1 atom stereocenters. The summed E-state index contributed by atoms with van der Waals surface area (Å²) in [5.74, 6) is -0.159. The molecular formula is C17H20FNS. The lowest BCUT2D eigenvalue weighted by atomic mass is 10.1. The Kier molecular flexibility index (Phi) is 4.84. The molecule has 0 amide bonds. The van der Waals surface area contributed by atoms with Crippen LogP contribution in [0, 0.1) is 19.7 Å². The predicted molar refractivity (Wildman–Crippen MR) is 83.9 cm³/mol. The van der Waals surface area contributed by atoms with Gasteiger partial charge in [0, 0.05) is 15.8 Å². The van der Waals surface area contributed by atoms with Gasteiger partial charge in [-0.3, -0.25) is 0 Å². The standard InChI is InChI=1S/C17H20FNS/c1-11-5-7-15(9-12(11)2)20-17-8-6-14(10-16(17)18)13(3)19-4/h5-10,13,19H,1-4H3. The fourth-order valence-electron chi connectivity index (χ4n) is 1.94. The molecular weight excluding hydrogens is 269 g/mol. The number of benzene rings is 2. The van der Waals surface area contributed by atoms with Crippen molar-refractivity contribution in [2.24, 2.45) is 0 Å². The van der Waals surface area contributed by atoms with Crippen LogP contribution in [-0.4, -0.2) is 7.05 Å². The monoisotopic (exact) mass is 289 g/mol. The predicted octanol–water partition coefficient (Wildman–Crippen LogP) is 4.87. The minimum atomic E-state index is -0.159. The Balaban J connectivity index is 2.23. The molecule has 0 aliphatic rings. The molecule has 20 heavy (non-hydrogen) atoms. The van der Waals surface area contributed by atoms with Crippen LogP contribution in [0.25, 0.3) is 0 Å². The van der Waals surface area contributed by atoms with Crippen LogP contribution in [-0.2, 0) is 0 Å². The van der Waals surface area contributed by atoms with Crippen LogP contribution < -0.4 is 5.32 Å². The smallest absolute Gasteiger partial charge is 0.137 e. The van der Waals surface area contributed by atoms with Gasteiger partial charge in [0.2, 0.25) is 0 Å². The summed E-state index contributed by atoms with van der Waals surface area (Å²) >= 11 is 1.47. The average molecular weight is 289 g/mol. The topological polar surface area (TPSA) is 12.0 Å². The van der Waals surface area contributed by atoms with E-state index in [1.807, 2.05) is 32.2 Å². The lowest BCUT2D eigenvalue weighted by molar-refractivity contribution is 0.587. The van der Waals surface area contributed by atoms with Gasteiger partial charge in [-0.1, -0.05) is 23.9 Å². The molecule has 0 bridgehead atoms. The molecule has 2 rings (SSSR count). The molecule has 0 heterocycles. The quantitative estimate of drug-likeness (QED) is 0.861. The molecule has 0 saturated heterocycles. The van der Waals surface area contributed by atoms with Crippen molar-refractivity contribution in [2.75, 3.05) is 7.05 Å². The lowest BCUT2D eigenvalue weighted by Crippen LogP contribution is -2.12. The fourth-order valence-corrected chi connectivity index (χ4v) is 2.86. The summed E-state index contributed by atoms with van der Waals surface area (Å²) in [5.41, 5.74) is 3.46. The van der Waals surface area contributed by atoms with Gasteiger partial charge in [-0.25, -0.2) is 4.39 Å². The van der Waals surface area contributed by atoms with E-state index in [-0.39, 0.29) is 11.9 Å². The van der Waals surface area contributed by atoms with Crippen molar-refractivity contribution in [2.45, 2.75) is 36.6 Å². The minimum absolute atomic E-state index is 0.158. The van der Waals surface area contributed by atoms with Crippen LogP contribution in [0.4, 0.5) is 4.39 Å². The minimum Gasteiger partial charge on any atom is -0.313 e. The molecule has 3 heteroatoms. The SMILES string of the molecule is CNC(C)c1ccc(Sc2ccc(C)c(C)c2)c(F)c1.